The summed E-state index contributed by atoms with van der Waals surface area (Å²) in [6.07, 6.45) is 1.70. The molecule has 35 heavy (non-hydrogen) atoms. The first-order valence-corrected chi connectivity index (χ1v) is 11.6. The number of allylic oxidation sites excluding steroid dienone is 1. The Hall–Kier alpha value is -4.13. The van der Waals surface area contributed by atoms with Crippen molar-refractivity contribution in [2.24, 2.45) is 4.99 Å². The van der Waals surface area contributed by atoms with Crippen LogP contribution in [0, 0.1) is 18.3 Å². The topological polar surface area (TPSA) is 111 Å². The lowest BCUT2D eigenvalue weighted by molar-refractivity contribution is 0.100. The molecule has 1 aliphatic rings. The minimum absolute atomic E-state index is 0.173. The number of carbonyl (C=O) groups excluding carboxylic acids is 1. The molecule has 1 amide bonds. The summed E-state index contributed by atoms with van der Waals surface area (Å²) in [4.78, 5) is 33.2. The number of nitrogens with one attached hydrogen (secondary N) is 1. The monoisotopic (exact) mass is 485 g/mol. The molecule has 3 aromatic rings. The molecule has 1 aromatic heterocycles. The van der Waals surface area contributed by atoms with E-state index in [2.05, 4.69) is 5.43 Å². The van der Waals surface area contributed by atoms with Gasteiger partial charge in [0.2, 0.25) is 5.88 Å². The van der Waals surface area contributed by atoms with Crippen molar-refractivity contribution in [3.8, 4) is 11.9 Å². The maximum absolute atomic E-state index is 12.9. The summed E-state index contributed by atoms with van der Waals surface area (Å²) in [5.74, 6) is -1.06. The van der Waals surface area contributed by atoms with Crippen LogP contribution < -0.4 is 11.0 Å². The van der Waals surface area contributed by atoms with E-state index in [1.165, 1.54) is 11.8 Å². The summed E-state index contributed by atoms with van der Waals surface area (Å²) in [5.41, 5.74) is 3.76. The summed E-state index contributed by atoms with van der Waals surface area (Å²) < 4.78 is 0.718. The van der Waals surface area contributed by atoms with Crippen LogP contribution in [0.3, 0.4) is 0 Å². The number of amides is 1. The number of aromatic nitrogens is 1. The van der Waals surface area contributed by atoms with Crippen LogP contribution in [0.1, 0.15) is 32.6 Å². The normalized spacial score (nSPS) is 16.3. The number of pyridine rings is 1. The molecule has 0 spiro atoms. The lowest BCUT2D eigenvalue weighted by atomic mass is 10.0. The zero-order chi connectivity index (χ0) is 25.1. The van der Waals surface area contributed by atoms with Crippen LogP contribution in [0.2, 0.25) is 0 Å². The van der Waals surface area contributed by atoms with Gasteiger partial charge in [0.25, 0.3) is 11.5 Å². The zero-order valence-electron chi connectivity index (χ0n) is 19.4. The second kappa shape index (κ2) is 10.0. The summed E-state index contributed by atoms with van der Waals surface area (Å²) in [7, 11) is 3.84. The van der Waals surface area contributed by atoms with Gasteiger partial charge in [0.15, 0.2) is 5.50 Å². The number of nitriles is 1. The van der Waals surface area contributed by atoms with Crippen molar-refractivity contribution in [2.45, 2.75) is 12.4 Å². The van der Waals surface area contributed by atoms with Gasteiger partial charge in [-0.25, -0.2) is 0 Å². The predicted molar refractivity (Wildman–Crippen MR) is 138 cm³/mol. The van der Waals surface area contributed by atoms with Crippen molar-refractivity contribution >= 4 is 29.5 Å². The molecule has 4 rings (SSSR count). The van der Waals surface area contributed by atoms with E-state index in [0.29, 0.717) is 11.1 Å². The zero-order valence-corrected chi connectivity index (χ0v) is 20.2. The SMILES string of the molecule is Cc1c(/C=C2\SC(N(C)C)N=C2c2ccccc2)c(O)n(NC(=O)c2ccccc2)c(=O)c1C#N. The number of hydrogen-bond donors (Lipinski definition) is 2. The van der Waals surface area contributed by atoms with Crippen LogP contribution in [0.15, 0.2) is 75.4 Å². The fourth-order valence-corrected chi connectivity index (χ4v) is 4.66. The number of nitrogens with zero attached hydrogens (tertiary/aromatic N) is 4. The minimum atomic E-state index is -0.809. The van der Waals surface area contributed by atoms with E-state index in [1.807, 2.05) is 55.4 Å². The lowest BCUT2D eigenvalue weighted by Gasteiger charge is -2.16. The molecule has 0 bridgehead atoms. The van der Waals surface area contributed by atoms with Gasteiger partial charge < -0.3 is 5.11 Å². The van der Waals surface area contributed by atoms with Gasteiger partial charge in [0, 0.05) is 21.6 Å². The van der Waals surface area contributed by atoms with Crippen LogP contribution in [0.5, 0.6) is 5.88 Å². The second-order valence-corrected chi connectivity index (χ2v) is 9.15. The number of carbonyl (C=O) groups is 1. The summed E-state index contributed by atoms with van der Waals surface area (Å²) >= 11 is 1.48. The van der Waals surface area contributed by atoms with Crippen LogP contribution in [0.25, 0.3) is 6.08 Å². The van der Waals surface area contributed by atoms with Crippen molar-refractivity contribution < 1.29 is 9.90 Å². The minimum Gasteiger partial charge on any atom is -0.493 e. The van der Waals surface area contributed by atoms with E-state index in [-0.39, 0.29) is 16.6 Å². The molecule has 1 unspecified atom stereocenters. The number of aromatic hydroxyl groups is 1. The molecule has 176 valence electrons. The Balaban J connectivity index is 1.84. The average Bonchev–Trinajstić information content (AvgIpc) is 3.30. The first-order valence-electron chi connectivity index (χ1n) is 10.7. The Bertz CT molecular complexity index is 1440. The van der Waals surface area contributed by atoms with Gasteiger partial charge in [0.1, 0.15) is 11.6 Å². The molecule has 2 heterocycles. The molecule has 2 N–H and O–H groups in total. The Kier molecular flexibility index (Phi) is 6.87. The second-order valence-electron chi connectivity index (χ2n) is 8.06. The fourth-order valence-electron chi connectivity index (χ4n) is 3.59. The quantitative estimate of drug-likeness (QED) is 0.572. The van der Waals surface area contributed by atoms with Crippen molar-refractivity contribution in [1.82, 2.24) is 9.58 Å². The molecule has 2 aromatic carbocycles. The first kappa shape index (κ1) is 24.0. The van der Waals surface area contributed by atoms with Gasteiger partial charge in [-0.1, -0.05) is 60.3 Å². The van der Waals surface area contributed by atoms with E-state index < -0.39 is 17.3 Å². The van der Waals surface area contributed by atoms with Crippen molar-refractivity contribution in [1.29, 1.82) is 5.26 Å². The Morgan fingerprint density at radius 3 is 2.40 bits per heavy atom. The van der Waals surface area contributed by atoms with E-state index in [0.717, 1.165) is 20.9 Å². The highest BCUT2D eigenvalue weighted by Gasteiger charge is 2.28. The van der Waals surface area contributed by atoms with Crippen LogP contribution in [-0.4, -0.2) is 45.9 Å². The summed E-state index contributed by atoms with van der Waals surface area (Å²) in [6.45, 7) is 1.60. The Morgan fingerprint density at radius 1 is 1.17 bits per heavy atom. The highest BCUT2D eigenvalue weighted by molar-refractivity contribution is 8.05. The third kappa shape index (κ3) is 4.75. The Morgan fingerprint density at radius 2 is 1.80 bits per heavy atom. The molecule has 1 aliphatic heterocycles. The van der Waals surface area contributed by atoms with Crippen molar-refractivity contribution in [3.63, 3.8) is 0 Å². The predicted octanol–water partition coefficient (Wildman–Crippen LogP) is 3.54. The molecule has 0 saturated carbocycles. The van der Waals surface area contributed by atoms with Gasteiger partial charge in [-0.3, -0.25) is 24.9 Å². The largest absolute Gasteiger partial charge is 0.493 e. The average molecular weight is 486 g/mol. The fraction of sp³-hybridized carbons (Fsp3) is 0.154. The third-order valence-electron chi connectivity index (χ3n) is 5.48. The van der Waals surface area contributed by atoms with Gasteiger partial charge in [0.05, 0.1) is 5.71 Å². The number of rotatable bonds is 5. The van der Waals surface area contributed by atoms with E-state index in [1.54, 1.807) is 43.3 Å². The molecule has 0 radical (unpaired) electrons. The van der Waals surface area contributed by atoms with Crippen LogP contribution in [-0.2, 0) is 0 Å². The molecule has 0 fully saturated rings. The maximum atomic E-state index is 12.9. The summed E-state index contributed by atoms with van der Waals surface area (Å²) in [6, 6.07) is 19.8. The molecular formula is C26H23N5O3S. The lowest BCUT2D eigenvalue weighted by Crippen LogP contribution is -2.35. The van der Waals surface area contributed by atoms with E-state index >= 15 is 0 Å². The highest BCUT2D eigenvalue weighted by Crippen LogP contribution is 2.38. The molecule has 1 atom stereocenters. The van der Waals surface area contributed by atoms with E-state index in [4.69, 9.17) is 4.99 Å². The van der Waals surface area contributed by atoms with Crippen LogP contribution in [0.4, 0.5) is 0 Å². The number of hydrogen-bond acceptors (Lipinski definition) is 7. The smallest absolute Gasteiger partial charge is 0.290 e. The van der Waals surface area contributed by atoms with Crippen LogP contribution >= 0.6 is 11.8 Å². The standard InChI is InChI=1S/C26H23N5O3S/c1-16-19(14-21-22(17-10-6-4-7-11-17)28-26(35-21)30(2)3)24(33)31(25(34)20(16)15-27)29-23(32)18-12-8-5-9-13-18/h4-14,26,33H,1-3H3,(H,29,32)/b21-14-. The number of thioether (sulfide) groups is 1. The Labute approximate surface area is 206 Å². The summed E-state index contributed by atoms with van der Waals surface area (Å²) in [5, 5.41) is 20.8. The maximum Gasteiger partial charge on any atom is 0.290 e. The molecule has 0 saturated heterocycles. The van der Waals surface area contributed by atoms with E-state index in [9.17, 15) is 20.0 Å². The molecule has 8 nitrogen and oxygen atoms in total. The molecule has 9 heteroatoms. The first-order chi connectivity index (χ1) is 16.8. The van der Waals surface area contributed by atoms with Gasteiger partial charge in [-0.15, -0.1) is 0 Å². The third-order valence-corrected chi connectivity index (χ3v) is 6.78. The van der Waals surface area contributed by atoms with Crippen molar-refractivity contribution in [2.75, 3.05) is 19.5 Å². The van der Waals surface area contributed by atoms with Crippen molar-refractivity contribution in [3.05, 3.63) is 104 Å². The molecular weight excluding hydrogens is 462 g/mol. The van der Waals surface area contributed by atoms with Gasteiger partial charge >= 0.3 is 0 Å². The van der Waals surface area contributed by atoms with Gasteiger partial charge in [-0.05, 0) is 44.8 Å². The number of benzene rings is 2. The highest BCUT2D eigenvalue weighted by atomic mass is 32.2. The molecule has 0 aliphatic carbocycles. The van der Waals surface area contributed by atoms with Gasteiger partial charge in [-0.2, -0.15) is 9.94 Å². The number of aliphatic imine (C=N–C) groups is 1.